The number of amides is 2. The van der Waals surface area contributed by atoms with Crippen LogP contribution in [0.2, 0.25) is 0 Å². The number of hydrazine groups is 2. The molecule has 1 aromatic heterocycles. The molecule has 0 aliphatic carbocycles. The number of urea groups is 1. The lowest BCUT2D eigenvalue weighted by Crippen LogP contribution is -2.51. The van der Waals surface area contributed by atoms with Gasteiger partial charge >= 0.3 is 6.03 Å². The van der Waals surface area contributed by atoms with Crippen molar-refractivity contribution in [3.63, 3.8) is 0 Å². The Hall–Kier alpha value is -2.34. The number of aromatic nitrogens is 1. The number of para-hydroxylation sites is 1. The molecule has 2 heterocycles. The summed E-state index contributed by atoms with van der Waals surface area (Å²) >= 11 is 0. The monoisotopic (exact) mass is 215 g/mol. The molecule has 0 bridgehead atoms. The van der Waals surface area contributed by atoms with Crippen molar-refractivity contribution in [3.05, 3.63) is 30.3 Å². The highest BCUT2D eigenvalue weighted by Gasteiger charge is 2.22. The average molecular weight is 215 g/mol. The number of fused-ring (bicyclic) bond motifs is 2. The fourth-order valence-corrected chi connectivity index (χ4v) is 1.66. The van der Waals surface area contributed by atoms with Crippen LogP contribution in [0.4, 0.5) is 16.3 Å². The zero-order valence-corrected chi connectivity index (χ0v) is 8.27. The Bertz CT molecular complexity index is 582. The minimum atomic E-state index is -0.435. The molecule has 0 unspecified atom stereocenters. The summed E-state index contributed by atoms with van der Waals surface area (Å²) < 4.78 is 0. The van der Waals surface area contributed by atoms with Crippen molar-refractivity contribution in [3.8, 4) is 0 Å². The van der Waals surface area contributed by atoms with Crippen LogP contribution in [0.3, 0.4) is 0 Å². The summed E-state index contributed by atoms with van der Waals surface area (Å²) in [5.41, 5.74) is 6.66. The normalized spacial score (nSPS) is 14.3. The standard InChI is InChI=1S/C10H9N5O/c11-15-9-8(13-14-10(15)16)5-6-3-1-2-4-7(6)12-9/h1-5,13H,11H2,(H,14,16). The van der Waals surface area contributed by atoms with E-state index >= 15 is 0 Å². The second-order valence-corrected chi connectivity index (χ2v) is 3.48. The summed E-state index contributed by atoms with van der Waals surface area (Å²) in [5.74, 6) is 6.02. The Balaban J connectivity index is 2.27. The lowest BCUT2D eigenvalue weighted by Gasteiger charge is -2.25. The molecule has 0 fully saturated rings. The maximum atomic E-state index is 11.3. The molecule has 1 aliphatic heterocycles. The van der Waals surface area contributed by atoms with E-state index in [-0.39, 0.29) is 0 Å². The number of pyridine rings is 1. The first-order chi connectivity index (χ1) is 7.75. The topological polar surface area (TPSA) is 83.3 Å². The highest BCUT2D eigenvalue weighted by molar-refractivity contribution is 5.99. The third kappa shape index (κ3) is 1.17. The average Bonchev–Trinajstić information content (AvgIpc) is 2.32. The SMILES string of the molecule is NN1C(=O)NNc2cc3ccccc3nc21. The van der Waals surface area contributed by atoms with Crippen LogP contribution in [0.1, 0.15) is 0 Å². The first-order valence-electron chi connectivity index (χ1n) is 4.76. The fourth-order valence-electron chi connectivity index (χ4n) is 1.66. The molecule has 1 aromatic carbocycles. The lowest BCUT2D eigenvalue weighted by molar-refractivity contribution is 0.247. The van der Waals surface area contributed by atoms with E-state index in [0.717, 1.165) is 15.9 Å². The summed E-state index contributed by atoms with van der Waals surface area (Å²) in [5, 5.41) is 1.97. The molecular weight excluding hydrogens is 206 g/mol. The van der Waals surface area contributed by atoms with Gasteiger partial charge in [0.15, 0.2) is 5.82 Å². The van der Waals surface area contributed by atoms with E-state index in [0.29, 0.717) is 11.5 Å². The third-order valence-corrected chi connectivity index (χ3v) is 2.45. The van der Waals surface area contributed by atoms with Crippen LogP contribution in [0.5, 0.6) is 0 Å². The summed E-state index contributed by atoms with van der Waals surface area (Å²) in [6, 6.07) is 9.08. The zero-order chi connectivity index (χ0) is 11.1. The predicted molar refractivity (Wildman–Crippen MR) is 60.6 cm³/mol. The van der Waals surface area contributed by atoms with Crippen LogP contribution in [0, 0.1) is 0 Å². The number of benzene rings is 1. The number of nitrogens with two attached hydrogens (primary N) is 1. The van der Waals surface area contributed by atoms with Crippen molar-refractivity contribution in [2.24, 2.45) is 5.84 Å². The summed E-state index contributed by atoms with van der Waals surface area (Å²) in [6.07, 6.45) is 0. The van der Waals surface area contributed by atoms with Gasteiger partial charge in [0.25, 0.3) is 0 Å². The van der Waals surface area contributed by atoms with E-state index in [4.69, 9.17) is 5.84 Å². The van der Waals surface area contributed by atoms with Crippen molar-refractivity contribution in [2.75, 3.05) is 10.4 Å². The van der Waals surface area contributed by atoms with Crippen LogP contribution >= 0.6 is 0 Å². The second-order valence-electron chi connectivity index (χ2n) is 3.48. The maximum Gasteiger partial charge on any atom is 0.356 e. The van der Waals surface area contributed by atoms with Crippen LogP contribution in [0.15, 0.2) is 30.3 Å². The van der Waals surface area contributed by atoms with Crippen molar-refractivity contribution in [2.45, 2.75) is 0 Å². The van der Waals surface area contributed by atoms with Crippen LogP contribution in [-0.2, 0) is 0 Å². The minimum absolute atomic E-state index is 0.419. The van der Waals surface area contributed by atoms with Crippen LogP contribution in [0.25, 0.3) is 10.9 Å². The number of nitrogens with zero attached hydrogens (tertiary/aromatic N) is 2. The number of nitrogens with one attached hydrogen (secondary N) is 2. The molecular formula is C10H9N5O. The number of hydrogen-bond donors (Lipinski definition) is 3. The molecule has 0 saturated heterocycles. The number of carbonyl (C=O) groups is 1. The number of carbonyl (C=O) groups excluding carboxylic acids is 1. The Morgan fingerprint density at radius 1 is 1.25 bits per heavy atom. The van der Waals surface area contributed by atoms with E-state index in [1.54, 1.807) is 0 Å². The maximum absolute atomic E-state index is 11.3. The summed E-state index contributed by atoms with van der Waals surface area (Å²) in [6.45, 7) is 0. The van der Waals surface area contributed by atoms with Gasteiger partial charge in [-0.1, -0.05) is 18.2 Å². The van der Waals surface area contributed by atoms with Gasteiger partial charge in [-0.25, -0.2) is 26.1 Å². The molecule has 1 aliphatic rings. The van der Waals surface area contributed by atoms with Gasteiger partial charge < -0.3 is 0 Å². The summed E-state index contributed by atoms with van der Waals surface area (Å²) in [7, 11) is 0. The van der Waals surface area contributed by atoms with Crippen LogP contribution < -0.4 is 21.7 Å². The van der Waals surface area contributed by atoms with E-state index in [9.17, 15) is 4.79 Å². The van der Waals surface area contributed by atoms with Gasteiger partial charge in [-0.15, -0.1) is 0 Å². The number of hydrogen-bond acceptors (Lipinski definition) is 4. The van der Waals surface area contributed by atoms with E-state index in [2.05, 4.69) is 15.8 Å². The quantitative estimate of drug-likeness (QED) is 0.451. The molecule has 0 atom stereocenters. The van der Waals surface area contributed by atoms with E-state index in [1.165, 1.54) is 0 Å². The fraction of sp³-hybridized carbons (Fsp3) is 0. The minimum Gasteiger partial charge on any atom is -0.293 e. The van der Waals surface area contributed by atoms with Crippen LogP contribution in [-0.4, -0.2) is 11.0 Å². The first kappa shape index (κ1) is 8.93. The van der Waals surface area contributed by atoms with Gasteiger partial charge in [0.05, 0.1) is 11.2 Å². The molecule has 16 heavy (non-hydrogen) atoms. The molecule has 0 radical (unpaired) electrons. The lowest BCUT2D eigenvalue weighted by atomic mass is 10.2. The Morgan fingerprint density at radius 3 is 2.94 bits per heavy atom. The van der Waals surface area contributed by atoms with Crippen molar-refractivity contribution >= 4 is 28.4 Å². The molecule has 0 saturated carbocycles. The Morgan fingerprint density at radius 2 is 2.06 bits per heavy atom. The molecule has 0 spiro atoms. The second kappa shape index (κ2) is 3.07. The van der Waals surface area contributed by atoms with Gasteiger partial charge in [0, 0.05) is 5.39 Å². The van der Waals surface area contributed by atoms with Gasteiger partial charge in [0.1, 0.15) is 0 Å². The highest BCUT2D eigenvalue weighted by Crippen LogP contribution is 2.27. The molecule has 2 amide bonds. The van der Waals surface area contributed by atoms with Crippen molar-refractivity contribution < 1.29 is 4.79 Å². The molecule has 2 aromatic rings. The predicted octanol–water partition coefficient (Wildman–Crippen LogP) is 0.965. The molecule has 80 valence electrons. The Labute approximate surface area is 91.0 Å². The van der Waals surface area contributed by atoms with Gasteiger partial charge in [0.2, 0.25) is 0 Å². The third-order valence-electron chi connectivity index (χ3n) is 2.45. The number of rotatable bonds is 0. The van der Waals surface area contributed by atoms with E-state index in [1.807, 2.05) is 30.3 Å². The van der Waals surface area contributed by atoms with Crippen molar-refractivity contribution in [1.82, 2.24) is 10.4 Å². The summed E-state index contributed by atoms with van der Waals surface area (Å²) in [4.78, 5) is 15.6. The van der Waals surface area contributed by atoms with E-state index < -0.39 is 6.03 Å². The molecule has 3 rings (SSSR count). The molecule has 6 nitrogen and oxygen atoms in total. The smallest absolute Gasteiger partial charge is 0.293 e. The highest BCUT2D eigenvalue weighted by atomic mass is 16.2. The first-order valence-corrected chi connectivity index (χ1v) is 4.76. The van der Waals surface area contributed by atoms with Gasteiger partial charge in [-0.3, -0.25) is 5.43 Å². The van der Waals surface area contributed by atoms with Gasteiger partial charge in [-0.05, 0) is 12.1 Å². The molecule has 4 N–H and O–H groups in total. The Kier molecular flexibility index (Phi) is 1.72. The zero-order valence-electron chi connectivity index (χ0n) is 8.27. The van der Waals surface area contributed by atoms with Gasteiger partial charge in [-0.2, -0.15) is 0 Å². The van der Waals surface area contributed by atoms with Crippen molar-refractivity contribution in [1.29, 1.82) is 0 Å². The largest absolute Gasteiger partial charge is 0.356 e. The number of anilines is 2. The molecule has 6 heteroatoms.